The Kier molecular flexibility index (Phi) is 5.73. The van der Waals surface area contributed by atoms with Crippen molar-refractivity contribution < 1.29 is 8.42 Å². The van der Waals surface area contributed by atoms with E-state index in [4.69, 9.17) is 0 Å². The minimum Gasteiger partial charge on any atom is -0.328 e. The number of rotatable bonds is 7. The quantitative estimate of drug-likeness (QED) is 0.722. The summed E-state index contributed by atoms with van der Waals surface area (Å²) in [5, 5.41) is 0. The maximum absolute atomic E-state index is 11.7. The minimum atomic E-state index is -3.49. The van der Waals surface area contributed by atoms with Crippen LogP contribution in [0.25, 0.3) is 0 Å². The molecule has 1 rings (SSSR count). The molecule has 17 heavy (non-hydrogen) atoms. The first-order valence-electron chi connectivity index (χ1n) is 5.32. The Labute approximate surface area is 105 Å². The standard InChI is InChI=1S/C10H16N2O3S2/c1-2-16-7-3-6-12-17(14,15)9-4-5-10(13)11-8-9/h4-5,8,12H,2-3,6-7H2,1H3,(H,11,13). The molecule has 5 nitrogen and oxygen atoms in total. The summed E-state index contributed by atoms with van der Waals surface area (Å²) in [5.41, 5.74) is -0.316. The lowest BCUT2D eigenvalue weighted by Crippen LogP contribution is -2.25. The van der Waals surface area contributed by atoms with Gasteiger partial charge in [0, 0.05) is 18.8 Å². The number of thioether (sulfide) groups is 1. The van der Waals surface area contributed by atoms with Gasteiger partial charge in [-0.05, 0) is 24.0 Å². The Morgan fingerprint density at radius 1 is 1.41 bits per heavy atom. The van der Waals surface area contributed by atoms with E-state index in [0.717, 1.165) is 17.9 Å². The molecule has 0 fully saturated rings. The summed E-state index contributed by atoms with van der Waals surface area (Å²) in [7, 11) is -3.49. The van der Waals surface area contributed by atoms with E-state index in [0.29, 0.717) is 6.54 Å². The Hall–Kier alpha value is -0.790. The SMILES string of the molecule is CCSCCCNS(=O)(=O)c1ccc(=O)[nH]c1. The van der Waals surface area contributed by atoms with Crippen LogP contribution in [0.4, 0.5) is 0 Å². The molecule has 0 unspecified atom stereocenters. The van der Waals surface area contributed by atoms with Crippen molar-refractivity contribution in [2.45, 2.75) is 18.2 Å². The Morgan fingerprint density at radius 2 is 2.18 bits per heavy atom. The number of nitrogens with one attached hydrogen (secondary N) is 2. The molecule has 0 aromatic carbocycles. The number of sulfonamides is 1. The Morgan fingerprint density at radius 3 is 2.76 bits per heavy atom. The molecule has 0 amide bonds. The van der Waals surface area contributed by atoms with E-state index in [1.165, 1.54) is 18.3 Å². The van der Waals surface area contributed by atoms with E-state index in [-0.39, 0.29) is 10.5 Å². The third-order valence-electron chi connectivity index (χ3n) is 2.03. The number of aromatic nitrogens is 1. The van der Waals surface area contributed by atoms with Gasteiger partial charge >= 0.3 is 0 Å². The van der Waals surface area contributed by atoms with Crippen LogP contribution >= 0.6 is 11.8 Å². The number of hydrogen-bond donors (Lipinski definition) is 2. The van der Waals surface area contributed by atoms with Gasteiger partial charge in [0.15, 0.2) is 0 Å². The molecule has 7 heteroatoms. The van der Waals surface area contributed by atoms with Gasteiger partial charge in [0.05, 0.1) is 4.90 Å². The zero-order valence-electron chi connectivity index (χ0n) is 9.60. The molecule has 0 spiro atoms. The molecule has 0 atom stereocenters. The van der Waals surface area contributed by atoms with Crippen LogP contribution < -0.4 is 10.3 Å². The summed E-state index contributed by atoms with van der Waals surface area (Å²) >= 11 is 1.77. The summed E-state index contributed by atoms with van der Waals surface area (Å²) in [6.45, 7) is 2.48. The van der Waals surface area contributed by atoms with Gasteiger partial charge in [0.25, 0.3) is 0 Å². The molecule has 96 valence electrons. The summed E-state index contributed by atoms with van der Waals surface area (Å²) in [4.78, 5) is 13.2. The highest BCUT2D eigenvalue weighted by molar-refractivity contribution is 7.99. The first-order valence-corrected chi connectivity index (χ1v) is 7.96. The van der Waals surface area contributed by atoms with Crippen LogP contribution in [0.1, 0.15) is 13.3 Å². The zero-order valence-corrected chi connectivity index (χ0v) is 11.2. The second kappa shape index (κ2) is 6.83. The lowest BCUT2D eigenvalue weighted by Gasteiger charge is -2.05. The van der Waals surface area contributed by atoms with Crippen LogP contribution in [-0.4, -0.2) is 31.5 Å². The van der Waals surface area contributed by atoms with Crippen molar-refractivity contribution in [3.05, 3.63) is 28.7 Å². The summed E-state index contributed by atoms with van der Waals surface area (Å²) in [5.74, 6) is 1.97. The lowest BCUT2D eigenvalue weighted by atomic mass is 10.5. The van der Waals surface area contributed by atoms with Gasteiger partial charge in [-0.15, -0.1) is 0 Å². The predicted octanol–water partition coefficient (Wildman–Crippen LogP) is 0.796. The molecule has 1 heterocycles. The van der Waals surface area contributed by atoms with Crippen molar-refractivity contribution in [2.24, 2.45) is 0 Å². The minimum absolute atomic E-state index is 0.0836. The molecule has 1 aromatic heterocycles. The molecule has 1 aromatic rings. The third kappa shape index (κ3) is 4.93. The first kappa shape index (κ1) is 14.3. The van der Waals surface area contributed by atoms with Gasteiger partial charge in [0.1, 0.15) is 0 Å². The van der Waals surface area contributed by atoms with Crippen LogP contribution in [0.5, 0.6) is 0 Å². The van der Waals surface area contributed by atoms with Crippen molar-refractivity contribution in [2.75, 3.05) is 18.1 Å². The summed E-state index contributed by atoms with van der Waals surface area (Å²) in [6, 6.07) is 2.49. The van der Waals surface area contributed by atoms with Crippen molar-refractivity contribution in [1.29, 1.82) is 0 Å². The number of pyridine rings is 1. The highest BCUT2D eigenvalue weighted by Crippen LogP contribution is 2.05. The number of aromatic amines is 1. The highest BCUT2D eigenvalue weighted by atomic mass is 32.2. The van der Waals surface area contributed by atoms with E-state index in [9.17, 15) is 13.2 Å². The average Bonchev–Trinajstić information content (AvgIpc) is 2.29. The van der Waals surface area contributed by atoms with Gasteiger partial charge < -0.3 is 4.98 Å². The van der Waals surface area contributed by atoms with Gasteiger partial charge in [0.2, 0.25) is 15.6 Å². The summed E-state index contributed by atoms with van der Waals surface area (Å²) < 4.78 is 26.0. The van der Waals surface area contributed by atoms with Gasteiger partial charge in [-0.2, -0.15) is 11.8 Å². The molecule has 0 bridgehead atoms. The van der Waals surface area contributed by atoms with E-state index in [1.807, 2.05) is 0 Å². The second-order valence-electron chi connectivity index (χ2n) is 3.34. The second-order valence-corrected chi connectivity index (χ2v) is 6.50. The van der Waals surface area contributed by atoms with Crippen molar-refractivity contribution in [3.8, 4) is 0 Å². The fourth-order valence-electron chi connectivity index (χ4n) is 1.17. The maximum atomic E-state index is 11.7. The molecule has 0 aliphatic heterocycles. The van der Waals surface area contributed by atoms with Crippen molar-refractivity contribution in [3.63, 3.8) is 0 Å². The van der Waals surface area contributed by atoms with Crippen molar-refractivity contribution >= 4 is 21.8 Å². The van der Waals surface area contributed by atoms with E-state index in [1.54, 1.807) is 11.8 Å². The highest BCUT2D eigenvalue weighted by Gasteiger charge is 2.12. The van der Waals surface area contributed by atoms with Crippen molar-refractivity contribution in [1.82, 2.24) is 9.71 Å². The largest absolute Gasteiger partial charge is 0.328 e. The van der Waals surface area contributed by atoms with Gasteiger partial charge in [-0.1, -0.05) is 6.92 Å². The molecule has 0 radical (unpaired) electrons. The fraction of sp³-hybridized carbons (Fsp3) is 0.500. The Balaban J connectivity index is 2.51. The molecular formula is C10H16N2O3S2. The van der Waals surface area contributed by atoms with Crippen LogP contribution in [-0.2, 0) is 10.0 Å². The molecule has 0 aliphatic carbocycles. The fourth-order valence-corrected chi connectivity index (χ4v) is 2.85. The van der Waals surface area contributed by atoms with Crippen LogP contribution in [0.2, 0.25) is 0 Å². The van der Waals surface area contributed by atoms with Crippen LogP contribution in [0, 0.1) is 0 Å². The molecule has 2 N–H and O–H groups in total. The lowest BCUT2D eigenvalue weighted by molar-refractivity contribution is 0.580. The van der Waals surface area contributed by atoms with Crippen LogP contribution in [0.3, 0.4) is 0 Å². The topological polar surface area (TPSA) is 79.0 Å². The molecule has 0 aliphatic rings. The van der Waals surface area contributed by atoms with E-state index in [2.05, 4.69) is 16.6 Å². The maximum Gasteiger partial charge on any atom is 0.247 e. The average molecular weight is 276 g/mol. The summed E-state index contributed by atoms with van der Waals surface area (Å²) in [6.07, 6.45) is 1.99. The number of H-pyrrole nitrogens is 1. The van der Waals surface area contributed by atoms with Gasteiger partial charge in [-0.25, -0.2) is 13.1 Å². The Bertz CT molecular complexity index is 476. The van der Waals surface area contributed by atoms with E-state index >= 15 is 0 Å². The third-order valence-corrected chi connectivity index (χ3v) is 4.47. The zero-order chi connectivity index (χ0) is 12.7. The predicted molar refractivity (Wildman–Crippen MR) is 69.9 cm³/mol. The smallest absolute Gasteiger partial charge is 0.247 e. The molecular weight excluding hydrogens is 260 g/mol. The van der Waals surface area contributed by atoms with Gasteiger partial charge in [-0.3, -0.25) is 4.79 Å². The number of hydrogen-bond acceptors (Lipinski definition) is 4. The first-order chi connectivity index (χ1) is 8.06. The normalized spacial score (nSPS) is 11.6. The molecule has 0 saturated carbocycles. The van der Waals surface area contributed by atoms with Crippen LogP contribution in [0.15, 0.2) is 28.0 Å². The van der Waals surface area contributed by atoms with E-state index < -0.39 is 10.0 Å². The molecule has 0 saturated heterocycles. The monoisotopic (exact) mass is 276 g/mol.